The molecule has 1 aliphatic rings. The summed E-state index contributed by atoms with van der Waals surface area (Å²) in [5.74, 6) is 0.946. The van der Waals surface area contributed by atoms with Crippen LogP contribution in [0.2, 0.25) is 0 Å². The average Bonchev–Trinajstić information content (AvgIpc) is 3.01. The molecule has 0 spiro atoms. The van der Waals surface area contributed by atoms with Gasteiger partial charge in [0.2, 0.25) is 5.91 Å². The first-order valence-electron chi connectivity index (χ1n) is 7.97. The Morgan fingerprint density at radius 1 is 1.29 bits per heavy atom. The van der Waals surface area contributed by atoms with E-state index in [0.29, 0.717) is 12.6 Å². The molecule has 2 rings (SSSR count). The molecule has 0 bridgehead atoms. The van der Waals surface area contributed by atoms with E-state index in [0.717, 1.165) is 24.6 Å². The van der Waals surface area contributed by atoms with Gasteiger partial charge in [-0.3, -0.25) is 4.79 Å². The molecule has 1 saturated carbocycles. The van der Waals surface area contributed by atoms with Crippen LogP contribution in [0.1, 0.15) is 39.5 Å². The second kappa shape index (κ2) is 7.98. The Labute approximate surface area is 127 Å². The van der Waals surface area contributed by atoms with Crippen molar-refractivity contribution in [2.45, 2.75) is 45.6 Å². The van der Waals surface area contributed by atoms with Crippen molar-refractivity contribution in [2.75, 3.05) is 29.9 Å². The number of hydrogen-bond donors (Lipinski definition) is 2. The zero-order chi connectivity index (χ0) is 15.1. The Hall–Kier alpha value is -1.62. The number of aromatic nitrogens is 1. The molecule has 1 aliphatic carbocycles. The highest BCUT2D eigenvalue weighted by Crippen LogP contribution is 2.17. The number of nitrogens with zero attached hydrogens (tertiary/aromatic N) is 2. The van der Waals surface area contributed by atoms with Crippen LogP contribution in [0.15, 0.2) is 18.3 Å². The number of carbonyl (C=O) groups excluding carboxylic acids is 1. The Balaban J connectivity index is 1.80. The lowest BCUT2D eigenvalue weighted by Gasteiger charge is -2.19. The van der Waals surface area contributed by atoms with E-state index in [2.05, 4.69) is 34.4 Å². The summed E-state index contributed by atoms with van der Waals surface area (Å²) in [4.78, 5) is 18.5. The van der Waals surface area contributed by atoms with Gasteiger partial charge >= 0.3 is 0 Å². The first-order valence-corrected chi connectivity index (χ1v) is 7.97. The van der Waals surface area contributed by atoms with Gasteiger partial charge in [-0.05, 0) is 38.8 Å². The summed E-state index contributed by atoms with van der Waals surface area (Å²) in [6.45, 7) is 6.45. The van der Waals surface area contributed by atoms with Crippen LogP contribution >= 0.6 is 0 Å². The van der Waals surface area contributed by atoms with Crippen LogP contribution in [0, 0.1) is 0 Å². The second-order valence-electron chi connectivity index (χ2n) is 5.49. The Kier molecular flexibility index (Phi) is 5.99. The van der Waals surface area contributed by atoms with Crippen LogP contribution in [0.3, 0.4) is 0 Å². The lowest BCUT2D eigenvalue weighted by Crippen LogP contribution is -2.34. The standard InChI is InChI=1S/C16H26N4O/c1-3-20(4-2)15-10-9-14(11-18-15)19-16(21)12-17-13-7-5-6-8-13/h9-11,13,17H,3-8,12H2,1-2H3,(H,19,21). The molecule has 1 amide bonds. The molecule has 116 valence electrons. The average molecular weight is 290 g/mol. The molecule has 1 fully saturated rings. The fraction of sp³-hybridized carbons (Fsp3) is 0.625. The third-order valence-electron chi connectivity index (χ3n) is 4.03. The molecular weight excluding hydrogens is 264 g/mol. The molecule has 0 aliphatic heterocycles. The largest absolute Gasteiger partial charge is 0.357 e. The van der Waals surface area contributed by atoms with Crippen LogP contribution in [0.5, 0.6) is 0 Å². The summed E-state index contributed by atoms with van der Waals surface area (Å²) in [6.07, 6.45) is 6.65. The Bertz CT molecular complexity index is 436. The molecule has 2 N–H and O–H groups in total. The number of hydrogen-bond acceptors (Lipinski definition) is 4. The first-order chi connectivity index (χ1) is 10.2. The van der Waals surface area contributed by atoms with E-state index in [1.807, 2.05) is 12.1 Å². The van der Waals surface area contributed by atoms with Crippen molar-refractivity contribution in [1.29, 1.82) is 0 Å². The van der Waals surface area contributed by atoms with Crippen LogP contribution < -0.4 is 15.5 Å². The Morgan fingerprint density at radius 2 is 2.00 bits per heavy atom. The molecule has 1 aromatic heterocycles. The molecule has 5 heteroatoms. The molecular formula is C16H26N4O. The minimum absolute atomic E-state index is 0.000658. The summed E-state index contributed by atoms with van der Waals surface area (Å²) in [5.41, 5.74) is 0.754. The highest BCUT2D eigenvalue weighted by atomic mass is 16.1. The predicted molar refractivity (Wildman–Crippen MR) is 86.7 cm³/mol. The van der Waals surface area contributed by atoms with Crippen LogP contribution in [0.4, 0.5) is 11.5 Å². The zero-order valence-corrected chi connectivity index (χ0v) is 13.1. The van der Waals surface area contributed by atoms with E-state index in [-0.39, 0.29) is 5.91 Å². The number of anilines is 2. The zero-order valence-electron chi connectivity index (χ0n) is 13.1. The maximum absolute atomic E-state index is 11.9. The number of rotatable bonds is 7. The monoisotopic (exact) mass is 290 g/mol. The lowest BCUT2D eigenvalue weighted by atomic mass is 10.2. The fourth-order valence-corrected chi connectivity index (χ4v) is 2.77. The molecule has 1 heterocycles. The molecule has 0 saturated heterocycles. The summed E-state index contributed by atoms with van der Waals surface area (Å²) in [6, 6.07) is 4.38. The molecule has 0 atom stereocenters. The SMILES string of the molecule is CCN(CC)c1ccc(NC(=O)CNC2CCCC2)cn1. The van der Waals surface area contributed by atoms with E-state index in [1.54, 1.807) is 6.20 Å². The number of nitrogens with one attached hydrogen (secondary N) is 2. The van der Waals surface area contributed by atoms with Gasteiger partial charge < -0.3 is 15.5 Å². The van der Waals surface area contributed by atoms with E-state index >= 15 is 0 Å². The molecule has 5 nitrogen and oxygen atoms in total. The van der Waals surface area contributed by atoms with Crippen molar-refractivity contribution in [1.82, 2.24) is 10.3 Å². The summed E-state index contributed by atoms with van der Waals surface area (Å²) < 4.78 is 0. The smallest absolute Gasteiger partial charge is 0.238 e. The molecule has 0 unspecified atom stereocenters. The maximum atomic E-state index is 11.9. The maximum Gasteiger partial charge on any atom is 0.238 e. The number of amides is 1. The number of pyridine rings is 1. The first kappa shape index (κ1) is 15.8. The van der Waals surface area contributed by atoms with Gasteiger partial charge in [0.15, 0.2) is 0 Å². The van der Waals surface area contributed by atoms with Gasteiger partial charge in [-0.15, -0.1) is 0 Å². The molecule has 1 aromatic rings. The normalized spacial score (nSPS) is 15.1. The van der Waals surface area contributed by atoms with Gasteiger partial charge in [0, 0.05) is 19.1 Å². The highest BCUT2D eigenvalue weighted by molar-refractivity contribution is 5.92. The van der Waals surface area contributed by atoms with Gasteiger partial charge in [-0.25, -0.2) is 4.98 Å². The second-order valence-corrected chi connectivity index (χ2v) is 5.49. The van der Waals surface area contributed by atoms with Crippen molar-refractivity contribution < 1.29 is 4.79 Å². The van der Waals surface area contributed by atoms with Crippen molar-refractivity contribution in [3.8, 4) is 0 Å². The molecule has 0 radical (unpaired) electrons. The van der Waals surface area contributed by atoms with Crippen LogP contribution in [-0.2, 0) is 4.79 Å². The lowest BCUT2D eigenvalue weighted by molar-refractivity contribution is -0.115. The fourth-order valence-electron chi connectivity index (χ4n) is 2.77. The van der Waals surface area contributed by atoms with Crippen LogP contribution in [-0.4, -0.2) is 36.6 Å². The van der Waals surface area contributed by atoms with Crippen molar-refractivity contribution in [3.63, 3.8) is 0 Å². The predicted octanol–water partition coefficient (Wildman–Crippen LogP) is 2.40. The molecule has 0 aromatic carbocycles. The summed E-state index contributed by atoms with van der Waals surface area (Å²) in [7, 11) is 0. The van der Waals surface area contributed by atoms with Gasteiger partial charge in [-0.1, -0.05) is 12.8 Å². The van der Waals surface area contributed by atoms with E-state index < -0.39 is 0 Å². The Morgan fingerprint density at radius 3 is 2.57 bits per heavy atom. The van der Waals surface area contributed by atoms with Crippen molar-refractivity contribution in [2.24, 2.45) is 0 Å². The van der Waals surface area contributed by atoms with Crippen molar-refractivity contribution in [3.05, 3.63) is 18.3 Å². The summed E-state index contributed by atoms with van der Waals surface area (Å²) in [5, 5.41) is 6.19. The van der Waals surface area contributed by atoms with Crippen LogP contribution in [0.25, 0.3) is 0 Å². The minimum Gasteiger partial charge on any atom is -0.357 e. The van der Waals surface area contributed by atoms with E-state index in [4.69, 9.17) is 0 Å². The van der Waals surface area contributed by atoms with Gasteiger partial charge in [0.25, 0.3) is 0 Å². The molecule has 21 heavy (non-hydrogen) atoms. The van der Waals surface area contributed by atoms with Crippen molar-refractivity contribution >= 4 is 17.4 Å². The summed E-state index contributed by atoms with van der Waals surface area (Å²) >= 11 is 0. The van der Waals surface area contributed by atoms with Gasteiger partial charge in [0.05, 0.1) is 18.4 Å². The van der Waals surface area contributed by atoms with E-state index in [9.17, 15) is 4.79 Å². The third-order valence-corrected chi connectivity index (χ3v) is 4.03. The van der Waals surface area contributed by atoms with Gasteiger partial charge in [0.1, 0.15) is 5.82 Å². The highest BCUT2D eigenvalue weighted by Gasteiger charge is 2.15. The third kappa shape index (κ3) is 4.70. The van der Waals surface area contributed by atoms with Gasteiger partial charge in [-0.2, -0.15) is 0 Å². The van der Waals surface area contributed by atoms with E-state index in [1.165, 1.54) is 25.7 Å². The number of carbonyl (C=O) groups is 1. The minimum atomic E-state index is -0.000658. The quantitative estimate of drug-likeness (QED) is 0.809. The topological polar surface area (TPSA) is 57.3 Å².